The van der Waals surface area contributed by atoms with E-state index in [-0.39, 0.29) is 0 Å². The number of methoxy groups -OCH3 is 1. The fraction of sp³-hybridized carbons (Fsp3) is 0.647. The van der Waals surface area contributed by atoms with Crippen LogP contribution >= 0.6 is 0 Å². The third-order valence-corrected chi connectivity index (χ3v) is 3.14. The number of ether oxygens (including phenoxy) is 2. The summed E-state index contributed by atoms with van der Waals surface area (Å²) in [6.07, 6.45) is 4.74. The smallest absolute Gasteiger partial charge is 0.191 e. The van der Waals surface area contributed by atoms with Crippen LogP contribution < -0.4 is 10.6 Å². The fourth-order valence-electron chi connectivity index (χ4n) is 1.95. The molecule has 1 heterocycles. The van der Waals surface area contributed by atoms with Crippen LogP contribution in [0.3, 0.4) is 0 Å². The van der Waals surface area contributed by atoms with E-state index in [0.29, 0.717) is 13.2 Å². The van der Waals surface area contributed by atoms with Crippen molar-refractivity contribution in [2.75, 3.05) is 46.6 Å². The van der Waals surface area contributed by atoms with Crippen LogP contribution in [0.15, 0.2) is 29.4 Å². The van der Waals surface area contributed by atoms with Crippen LogP contribution in [0, 0.1) is 0 Å². The van der Waals surface area contributed by atoms with Crippen molar-refractivity contribution in [2.45, 2.75) is 26.2 Å². The lowest BCUT2D eigenvalue weighted by atomic mass is 10.3. The third kappa shape index (κ3) is 10.7. The van der Waals surface area contributed by atoms with Crippen LogP contribution in [-0.2, 0) is 15.9 Å². The largest absolute Gasteiger partial charge is 0.382 e. The highest BCUT2D eigenvalue weighted by Gasteiger charge is 1.98. The first-order valence-corrected chi connectivity index (χ1v) is 8.35. The SMILES string of the molecule is CCNC(=NCCCCOCCOC)NCCc1ccccn1. The van der Waals surface area contributed by atoms with Gasteiger partial charge in [0, 0.05) is 51.7 Å². The molecular formula is C17H30N4O2. The predicted octanol–water partition coefficient (Wildman–Crippen LogP) is 1.62. The Bertz CT molecular complexity index is 412. The Hall–Kier alpha value is -1.66. The van der Waals surface area contributed by atoms with Crippen molar-refractivity contribution in [1.29, 1.82) is 0 Å². The topological polar surface area (TPSA) is 67.8 Å². The van der Waals surface area contributed by atoms with Gasteiger partial charge in [-0.05, 0) is 31.9 Å². The van der Waals surface area contributed by atoms with Crippen molar-refractivity contribution >= 4 is 5.96 Å². The average molecular weight is 322 g/mol. The van der Waals surface area contributed by atoms with E-state index in [1.54, 1.807) is 7.11 Å². The Morgan fingerprint density at radius 2 is 2.09 bits per heavy atom. The monoisotopic (exact) mass is 322 g/mol. The zero-order chi connectivity index (χ0) is 16.6. The number of hydrogen-bond acceptors (Lipinski definition) is 4. The van der Waals surface area contributed by atoms with Crippen LogP contribution in [-0.4, -0.2) is 57.5 Å². The third-order valence-electron chi connectivity index (χ3n) is 3.14. The number of guanidine groups is 1. The molecule has 0 aromatic carbocycles. The van der Waals surface area contributed by atoms with Gasteiger partial charge in [0.15, 0.2) is 5.96 Å². The lowest BCUT2D eigenvalue weighted by Crippen LogP contribution is -2.38. The molecule has 0 amide bonds. The Kier molecular flexibility index (Phi) is 11.8. The van der Waals surface area contributed by atoms with Gasteiger partial charge in [0.05, 0.1) is 13.2 Å². The first-order valence-electron chi connectivity index (χ1n) is 8.35. The molecule has 6 heteroatoms. The van der Waals surface area contributed by atoms with Crippen LogP contribution in [0.1, 0.15) is 25.5 Å². The summed E-state index contributed by atoms with van der Waals surface area (Å²) in [6.45, 7) is 6.63. The first-order chi connectivity index (χ1) is 11.4. The zero-order valence-electron chi connectivity index (χ0n) is 14.4. The molecule has 1 rings (SSSR count). The van der Waals surface area contributed by atoms with Crippen molar-refractivity contribution in [3.63, 3.8) is 0 Å². The Balaban J connectivity index is 2.14. The second-order valence-corrected chi connectivity index (χ2v) is 5.07. The maximum absolute atomic E-state index is 5.43. The van der Waals surface area contributed by atoms with Gasteiger partial charge in [-0.25, -0.2) is 0 Å². The number of aromatic nitrogens is 1. The second-order valence-electron chi connectivity index (χ2n) is 5.07. The number of hydrogen-bond donors (Lipinski definition) is 2. The molecule has 2 N–H and O–H groups in total. The van der Waals surface area contributed by atoms with Crippen LogP contribution in [0.2, 0.25) is 0 Å². The molecule has 0 radical (unpaired) electrons. The molecule has 0 fully saturated rings. The minimum Gasteiger partial charge on any atom is -0.382 e. The fourth-order valence-corrected chi connectivity index (χ4v) is 1.95. The number of unbranched alkanes of at least 4 members (excludes halogenated alkanes) is 1. The molecule has 6 nitrogen and oxygen atoms in total. The number of rotatable bonds is 12. The van der Waals surface area contributed by atoms with Gasteiger partial charge in [0.2, 0.25) is 0 Å². The van der Waals surface area contributed by atoms with E-state index in [1.807, 2.05) is 24.4 Å². The van der Waals surface area contributed by atoms with Gasteiger partial charge in [-0.1, -0.05) is 6.07 Å². The maximum Gasteiger partial charge on any atom is 0.191 e. The summed E-state index contributed by atoms with van der Waals surface area (Å²) in [5.41, 5.74) is 1.09. The van der Waals surface area contributed by atoms with Gasteiger partial charge in [0.1, 0.15) is 0 Å². The molecule has 0 aliphatic heterocycles. The molecule has 1 aromatic rings. The van der Waals surface area contributed by atoms with E-state index in [4.69, 9.17) is 9.47 Å². The standard InChI is InChI=1S/C17H30N4O2/c1-3-18-17(20-11-6-7-13-23-15-14-22-2)21-12-9-16-8-4-5-10-19-16/h4-5,8,10H,3,6-7,9,11-15H2,1-2H3,(H2,18,20,21). The lowest BCUT2D eigenvalue weighted by Gasteiger charge is -2.11. The van der Waals surface area contributed by atoms with Gasteiger partial charge < -0.3 is 20.1 Å². The molecule has 0 bridgehead atoms. The summed E-state index contributed by atoms with van der Waals surface area (Å²) < 4.78 is 10.4. The zero-order valence-corrected chi connectivity index (χ0v) is 14.4. The molecule has 1 aromatic heterocycles. The van der Waals surface area contributed by atoms with Gasteiger partial charge in [0.25, 0.3) is 0 Å². The van der Waals surface area contributed by atoms with Gasteiger partial charge in [-0.2, -0.15) is 0 Å². The molecular weight excluding hydrogens is 292 g/mol. The molecule has 0 spiro atoms. The van der Waals surface area contributed by atoms with Crippen molar-refractivity contribution in [1.82, 2.24) is 15.6 Å². The molecule has 23 heavy (non-hydrogen) atoms. The van der Waals surface area contributed by atoms with E-state index in [1.165, 1.54) is 0 Å². The first kappa shape index (κ1) is 19.4. The highest BCUT2D eigenvalue weighted by Crippen LogP contribution is 1.94. The molecule has 0 saturated heterocycles. The predicted molar refractivity (Wildman–Crippen MR) is 93.9 cm³/mol. The number of nitrogens with one attached hydrogen (secondary N) is 2. The summed E-state index contributed by atoms with van der Waals surface area (Å²) in [7, 11) is 1.68. The number of pyridine rings is 1. The molecule has 0 atom stereocenters. The summed E-state index contributed by atoms with van der Waals surface area (Å²) in [6, 6.07) is 5.98. The molecule has 0 aliphatic carbocycles. The van der Waals surface area contributed by atoms with Crippen molar-refractivity contribution in [2.24, 2.45) is 4.99 Å². The Morgan fingerprint density at radius 1 is 1.17 bits per heavy atom. The Morgan fingerprint density at radius 3 is 2.83 bits per heavy atom. The lowest BCUT2D eigenvalue weighted by molar-refractivity contribution is 0.0690. The van der Waals surface area contributed by atoms with Crippen LogP contribution in [0.5, 0.6) is 0 Å². The van der Waals surface area contributed by atoms with Crippen molar-refractivity contribution in [3.8, 4) is 0 Å². The highest BCUT2D eigenvalue weighted by atomic mass is 16.5. The summed E-state index contributed by atoms with van der Waals surface area (Å²) in [4.78, 5) is 8.89. The van der Waals surface area contributed by atoms with Crippen molar-refractivity contribution in [3.05, 3.63) is 30.1 Å². The normalized spacial score (nSPS) is 11.5. The molecule has 0 saturated carbocycles. The van der Waals surface area contributed by atoms with Gasteiger partial charge in [-0.15, -0.1) is 0 Å². The highest BCUT2D eigenvalue weighted by molar-refractivity contribution is 5.79. The Labute approximate surface area is 139 Å². The molecule has 0 unspecified atom stereocenters. The van der Waals surface area contributed by atoms with E-state index >= 15 is 0 Å². The maximum atomic E-state index is 5.43. The average Bonchev–Trinajstić information content (AvgIpc) is 2.58. The van der Waals surface area contributed by atoms with Gasteiger partial charge >= 0.3 is 0 Å². The number of aliphatic imine (C=N–C) groups is 1. The minimum absolute atomic E-state index is 0.656. The van der Waals surface area contributed by atoms with Crippen LogP contribution in [0.4, 0.5) is 0 Å². The van der Waals surface area contributed by atoms with E-state index in [2.05, 4.69) is 27.5 Å². The van der Waals surface area contributed by atoms with Crippen molar-refractivity contribution < 1.29 is 9.47 Å². The second kappa shape index (κ2) is 14.0. The van der Waals surface area contributed by atoms with E-state index in [0.717, 1.165) is 57.2 Å². The van der Waals surface area contributed by atoms with Gasteiger partial charge in [-0.3, -0.25) is 9.98 Å². The van der Waals surface area contributed by atoms with E-state index < -0.39 is 0 Å². The minimum atomic E-state index is 0.656. The summed E-state index contributed by atoms with van der Waals surface area (Å²) >= 11 is 0. The number of nitrogens with zero attached hydrogens (tertiary/aromatic N) is 2. The molecule has 0 aliphatic rings. The quantitative estimate of drug-likeness (QED) is 0.348. The van der Waals surface area contributed by atoms with E-state index in [9.17, 15) is 0 Å². The van der Waals surface area contributed by atoms with Crippen LogP contribution in [0.25, 0.3) is 0 Å². The summed E-state index contributed by atoms with van der Waals surface area (Å²) in [5, 5.41) is 6.60. The molecule has 130 valence electrons. The summed E-state index contributed by atoms with van der Waals surface area (Å²) in [5.74, 6) is 0.865.